The number of Topliss-reactive ketones (excluding diaryl/α,β-unsaturated/α-hetero) is 1. The minimum absolute atomic E-state index is 0.0360. The highest BCUT2D eigenvalue weighted by Gasteiger charge is 2.12. The molecule has 0 bridgehead atoms. The molecule has 3 aromatic rings. The topological polar surface area (TPSA) is 84.5 Å². The fourth-order valence-corrected chi connectivity index (χ4v) is 2.13. The molecule has 0 radical (unpaired) electrons. The molecule has 3 rings (SSSR count). The van der Waals surface area contributed by atoms with Crippen molar-refractivity contribution in [3.63, 3.8) is 0 Å². The van der Waals surface area contributed by atoms with E-state index >= 15 is 0 Å². The van der Waals surface area contributed by atoms with Crippen molar-refractivity contribution in [3.8, 4) is 11.9 Å². The maximum atomic E-state index is 11.3. The highest BCUT2D eigenvalue weighted by Crippen LogP contribution is 2.19. The zero-order valence-corrected chi connectivity index (χ0v) is 11.5. The summed E-state index contributed by atoms with van der Waals surface area (Å²) in [5, 5.41) is 8.97. The van der Waals surface area contributed by atoms with Gasteiger partial charge in [-0.1, -0.05) is 0 Å². The lowest BCUT2D eigenvalue weighted by Gasteiger charge is -2.05. The number of aryl methyl sites for hydroxylation is 1. The van der Waals surface area contributed by atoms with Crippen LogP contribution in [0.1, 0.15) is 28.8 Å². The lowest BCUT2D eigenvalue weighted by molar-refractivity contribution is 0.101. The van der Waals surface area contributed by atoms with Gasteiger partial charge in [-0.2, -0.15) is 5.26 Å². The molecule has 0 aliphatic rings. The van der Waals surface area contributed by atoms with E-state index in [0.29, 0.717) is 28.2 Å². The number of aromatic nitrogens is 4. The predicted octanol–water partition coefficient (Wildman–Crippen LogP) is 2.20. The Labute approximate surface area is 120 Å². The molecule has 6 nitrogen and oxygen atoms in total. The molecule has 6 heteroatoms. The van der Waals surface area contributed by atoms with Gasteiger partial charge in [-0.3, -0.25) is 9.36 Å². The quantitative estimate of drug-likeness (QED) is 0.670. The predicted molar refractivity (Wildman–Crippen MR) is 76.1 cm³/mol. The number of fused-ring (bicyclic) bond motifs is 1. The second-order valence-corrected chi connectivity index (χ2v) is 4.61. The van der Waals surface area contributed by atoms with Gasteiger partial charge in [-0.25, -0.2) is 15.0 Å². The first-order valence-corrected chi connectivity index (χ1v) is 6.33. The normalized spacial score (nSPS) is 10.5. The fraction of sp³-hybridized carbons (Fsp3) is 0.133. The van der Waals surface area contributed by atoms with E-state index < -0.39 is 0 Å². The van der Waals surface area contributed by atoms with Crippen LogP contribution < -0.4 is 0 Å². The van der Waals surface area contributed by atoms with Crippen LogP contribution in [0.3, 0.4) is 0 Å². The summed E-state index contributed by atoms with van der Waals surface area (Å²) in [6.07, 6.45) is 1.52. The van der Waals surface area contributed by atoms with Gasteiger partial charge in [0.15, 0.2) is 11.4 Å². The number of carbonyl (C=O) groups excluding carboxylic acids is 1. The molecular weight excluding hydrogens is 266 g/mol. The first kappa shape index (κ1) is 12.9. The number of carbonyl (C=O) groups is 1. The Morgan fingerprint density at radius 1 is 1.24 bits per heavy atom. The van der Waals surface area contributed by atoms with Crippen LogP contribution in [0.4, 0.5) is 0 Å². The molecule has 0 atom stereocenters. The molecule has 0 aliphatic carbocycles. The molecule has 0 N–H and O–H groups in total. The number of nitrogens with zero attached hydrogens (tertiary/aromatic N) is 5. The zero-order chi connectivity index (χ0) is 15.0. The maximum absolute atomic E-state index is 11.3. The molecule has 0 fully saturated rings. The van der Waals surface area contributed by atoms with E-state index in [-0.39, 0.29) is 5.78 Å². The Morgan fingerprint density at radius 2 is 2.05 bits per heavy atom. The Hall–Kier alpha value is -3.07. The summed E-state index contributed by atoms with van der Waals surface area (Å²) in [7, 11) is 0. The third-order valence-electron chi connectivity index (χ3n) is 3.17. The SMILES string of the molecule is CC(=O)c1ccc(-n2c(C)nc3ccc(C#N)nc32)nc1. The number of imidazole rings is 1. The van der Waals surface area contributed by atoms with Gasteiger partial charge < -0.3 is 0 Å². The second-order valence-electron chi connectivity index (χ2n) is 4.61. The van der Waals surface area contributed by atoms with Gasteiger partial charge in [-0.15, -0.1) is 0 Å². The number of nitriles is 1. The summed E-state index contributed by atoms with van der Waals surface area (Å²) in [5.74, 6) is 1.30. The van der Waals surface area contributed by atoms with Crippen molar-refractivity contribution in [2.24, 2.45) is 0 Å². The van der Waals surface area contributed by atoms with Crippen molar-refractivity contribution in [1.82, 2.24) is 19.5 Å². The van der Waals surface area contributed by atoms with Crippen LogP contribution in [0.15, 0.2) is 30.5 Å². The lowest BCUT2D eigenvalue weighted by atomic mass is 10.2. The van der Waals surface area contributed by atoms with Crippen molar-refractivity contribution in [1.29, 1.82) is 5.26 Å². The molecule has 21 heavy (non-hydrogen) atoms. The first-order chi connectivity index (χ1) is 10.1. The largest absolute Gasteiger partial charge is 0.294 e. The summed E-state index contributed by atoms with van der Waals surface area (Å²) in [6, 6.07) is 8.86. The third-order valence-corrected chi connectivity index (χ3v) is 3.17. The molecule has 3 aromatic heterocycles. The van der Waals surface area contributed by atoms with Gasteiger partial charge in [0.1, 0.15) is 28.9 Å². The summed E-state index contributed by atoms with van der Waals surface area (Å²) >= 11 is 0. The van der Waals surface area contributed by atoms with Crippen LogP contribution in [0.25, 0.3) is 17.0 Å². The molecule has 0 saturated carbocycles. The standard InChI is InChI=1S/C15H11N5O/c1-9(21)11-3-6-14(17-8-11)20-10(2)18-13-5-4-12(7-16)19-15(13)20/h3-6,8H,1-2H3. The second kappa shape index (κ2) is 4.80. The number of hydrogen-bond donors (Lipinski definition) is 0. The van der Waals surface area contributed by atoms with Crippen molar-refractivity contribution in [2.45, 2.75) is 13.8 Å². The van der Waals surface area contributed by atoms with Crippen molar-refractivity contribution in [3.05, 3.63) is 47.5 Å². The van der Waals surface area contributed by atoms with E-state index in [1.165, 1.54) is 13.1 Å². The van der Waals surface area contributed by atoms with Crippen molar-refractivity contribution in [2.75, 3.05) is 0 Å². The number of pyridine rings is 2. The Bertz CT molecular complexity index is 887. The number of rotatable bonds is 2. The Morgan fingerprint density at radius 3 is 2.67 bits per heavy atom. The van der Waals surface area contributed by atoms with Gasteiger partial charge in [-0.05, 0) is 38.1 Å². The Balaban J connectivity index is 2.21. The smallest absolute Gasteiger partial charge is 0.167 e. The molecule has 3 heterocycles. The average molecular weight is 277 g/mol. The number of hydrogen-bond acceptors (Lipinski definition) is 5. The van der Waals surface area contributed by atoms with Crippen LogP contribution >= 0.6 is 0 Å². The molecule has 0 spiro atoms. The van der Waals surface area contributed by atoms with E-state index in [1.807, 2.05) is 13.0 Å². The van der Waals surface area contributed by atoms with Crippen molar-refractivity contribution < 1.29 is 4.79 Å². The monoisotopic (exact) mass is 277 g/mol. The van der Waals surface area contributed by atoms with Gasteiger partial charge in [0, 0.05) is 11.8 Å². The van der Waals surface area contributed by atoms with Crippen LogP contribution in [0.2, 0.25) is 0 Å². The number of ketones is 1. The van der Waals surface area contributed by atoms with Crippen LogP contribution in [0.5, 0.6) is 0 Å². The summed E-state index contributed by atoms with van der Waals surface area (Å²) < 4.78 is 1.76. The van der Waals surface area contributed by atoms with E-state index in [9.17, 15) is 4.79 Å². The average Bonchev–Trinajstić information content (AvgIpc) is 2.82. The summed E-state index contributed by atoms with van der Waals surface area (Å²) in [6.45, 7) is 3.34. The Kier molecular flexibility index (Phi) is 2.95. The molecule has 102 valence electrons. The van der Waals surface area contributed by atoms with Crippen LogP contribution in [-0.2, 0) is 0 Å². The van der Waals surface area contributed by atoms with E-state index in [2.05, 4.69) is 15.0 Å². The highest BCUT2D eigenvalue weighted by atomic mass is 16.1. The van der Waals surface area contributed by atoms with Gasteiger partial charge in [0.05, 0.1) is 0 Å². The van der Waals surface area contributed by atoms with Crippen LogP contribution in [0, 0.1) is 18.3 Å². The molecule has 0 aliphatic heterocycles. The maximum Gasteiger partial charge on any atom is 0.167 e. The van der Waals surface area contributed by atoms with Gasteiger partial charge in [0.25, 0.3) is 0 Å². The molecule has 0 aromatic carbocycles. The van der Waals surface area contributed by atoms with E-state index in [4.69, 9.17) is 5.26 Å². The first-order valence-electron chi connectivity index (χ1n) is 6.33. The fourth-order valence-electron chi connectivity index (χ4n) is 2.13. The molecule has 0 saturated heterocycles. The van der Waals surface area contributed by atoms with Crippen LogP contribution in [-0.4, -0.2) is 25.3 Å². The van der Waals surface area contributed by atoms with Gasteiger partial charge >= 0.3 is 0 Å². The van der Waals surface area contributed by atoms with Crippen molar-refractivity contribution >= 4 is 16.9 Å². The minimum atomic E-state index is -0.0360. The lowest BCUT2D eigenvalue weighted by Crippen LogP contribution is -2.03. The van der Waals surface area contributed by atoms with E-state index in [1.54, 1.807) is 28.8 Å². The minimum Gasteiger partial charge on any atom is -0.294 e. The summed E-state index contributed by atoms with van der Waals surface area (Å²) in [4.78, 5) is 24.3. The van der Waals surface area contributed by atoms with E-state index in [0.717, 1.165) is 5.82 Å². The molecule has 0 amide bonds. The summed E-state index contributed by atoms with van der Waals surface area (Å²) in [5.41, 5.74) is 2.15. The van der Waals surface area contributed by atoms with Gasteiger partial charge in [0.2, 0.25) is 0 Å². The molecule has 0 unspecified atom stereocenters. The third kappa shape index (κ3) is 2.15. The molecular formula is C15H11N5O. The highest BCUT2D eigenvalue weighted by molar-refractivity contribution is 5.93. The zero-order valence-electron chi connectivity index (χ0n) is 11.5.